The fourth-order valence-electron chi connectivity index (χ4n) is 1.52. The molecule has 16 heavy (non-hydrogen) atoms. The van der Waals surface area contributed by atoms with Gasteiger partial charge < -0.3 is 0 Å². The van der Waals surface area contributed by atoms with E-state index >= 15 is 0 Å². The summed E-state index contributed by atoms with van der Waals surface area (Å²) >= 11 is 1.51. The first kappa shape index (κ1) is 11.0. The van der Waals surface area contributed by atoms with E-state index in [-0.39, 0.29) is 17.8 Å². The first-order valence-electron chi connectivity index (χ1n) is 4.98. The van der Waals surface area contributed by atoms with Gasteiger partial charge in [0.05, 0.1) is 5.56 Å². The van der Waals surface area contributed by atoms with Crippen LogP contribution in [0, 0.1) is 12.7 Å². The van der Waals surface area contributed by atoms with Gasteiger partial charge in [0.1, 0.15) is 5.82 Å². The standard InChI is InChI=1S/C13H11FOS/c1-9-4-5-12(14)11(7-9)13(15)8-10-3-2-6-16-10/h2-7H,8H2,1H3. The van der Waals surface area contributed by atoms with Gasteiger partial charge in [-0.05, 0) is 30.5 Å². The number of halogens is 1. The van der Waals surface area contributed by atoms with Crippen LogP contribution in [0.3, 0.4) is 0 Å². The van der Waals surface area contributed by atoms with E-state index in [9.17, 15) is 9.18 Å². The second-order valence-electron chi connectivity index (χ2n) is 3.66. The van der Waals surface area contributed by atoms with Crippen molar-refractivity contribution in [1.82, 2.24) is 0 Å². The summed E-state index contributed by atoms with van der Waals surface area (Å²) in [6, 6.07) is 8.38. The van der Waals surface area contributed by atoms with Crippen molar-refractivity contribution >= 4 is 17.1 Å². The molecule has 0 aliphatic heterocycles. The number of hydrogen-bond acceptors (Lipinski definition) is 2. The number of carbonyl (C=O) groups is 1. The second-order valence-corrected chi connectivity index (χ2v) is 4.69. The van der Waals surface area contributed by atoms with Crippen molar-refractivity contribution in [3.05, 3.63) is 57.5 Å². The van der Waals surface area contributed by atoms with Gasteiger partial charge in [0.15, 0.2) is 5.78 Å². The van der Waals surface area contributed by atoms with E-state index in [1.165, 1.54) is 17.4 Å². The molecule has 0 saturated carbocycles. The highest BCUT2D eigenvalue weighted by atomic mass is 32.1. The molecule has 3 heteroatoms. The first-order valence-corrected chi connectivity index (χ1v) is 5.86. The van der Waals surface area contributed by atoms with E-state index in [4.69, 9.17) is 0 Å². The van der Waals surface area contributed by atoms with Gasteiger partial charge in [-0.2, -0.15) is 0 Å². The third kappa shape index (κ3) is 2.36. The van der Waals surface area contributed by atoms with E-state index < -0.39 is 5.82 Å². The summed E-state index contributed by atoms with van der Waals surface area (Å²) in [6.45, 7) is 1.85. The van der Waals surface area contributed by atoms with Crippen LogP contribution in [0.25, 0.3) is 0 Å². The molecule has 0 N–H and O–H groups in total. The molecule has 1 aromatic carbocycles. The van der Waals surface area contributed by atoms with Crippen molar-refractivity contribution in [3.63, 3.8) is 0 Å². The van der Waals surface area contributed by atoms with Crippen LogP contribution >= 0.6 is 11.3 Å². The number of benzene rings is 1. The second kappa shape index (κ2) is 4.58. The normalized spacial score (nSPS) is 10.4. The molecule has 1 heterocycles. The van der Waals surface area contributed by atoms with Crippen LogP contribution in [0.1, 0.15) is 20.8 Å². The SMILES string of the molecule is Cc1ccc(F)c(C(=O)Cc2cccs2)c1. The molecule has 0 amide bonds. The highest BCUT2D eigenvalue weighted by Crippen LogP contribution is 2.16. The van der Waals surface area contributed by atoms with Crippen molar-refractivity contribution in [1.29, 1.82) is 0 Å². The van der Waals surface area contributed by atoms with Crippen LogP contribution in [0.5, 0.6) is 0 Å². The Balaban J connectivity index is 2.24. The van der Waals surface area contributed by atoms with E-state index in [1.807, 2.05) is 24.4 Å². The third-order valence-corrected chi connectivity index (χ3v) is 3.21. The molecule has 0 radical (unpaired) electrons. The maximum atomic E-state index is 13.4. The molecule has 0 aliphatic carbocycles. The minimum absolute atomic E-state index is 0.163. The van der Waals surface area contributed by atoms with Crippen molar-refractivity contribution in [3.8, 4) is 0 Å². The summed E-state index contributed by atoms with van der Waals surface area (Å²) in [5.41, 5.74) is 1.09. The number of Topliss-reactive ketones (excluding diaryl/α,β-unsaturated/α-hetero) is 1. The molecule has 0 bridgehead atoms. The lowest BCUT2D eigenvalue weighted by atomic mass is 10.0. The van der Waals surface area contributed by atoms with Crippen molar-refractivity contribution in [2.75, 3.05) is 0 Å². The number of carbonyl (C=O) groups excluding carboxylic acids is 1. The molecule has 0 atom stereocenters. The lowest BCUT2D eigenvalue weighted by Crippen LogP contribution is -2.05. The smallest absolute Gasteiger partial charge is 0.171 e. The zero-order valence-corrected chi connectivity index (χ0v) is 9.68. The fraction of sp³-hybridized carbons (Fsp3) is 0.154. The molecule has 2 rings (SSSR count). The van der Waals surface area contributed by atoms with Gasteiger partial charge in [0.25, 0.3) is 0 Å². The average Bonchev–Trinajstić information content (AvgIpc) is 2.74. The largest absolute Gasteiger partial charge is 0.294 e. The van der Waals surface area contributed by atoms with E-state index in [2.05, 4.69) is 0 Å². The Morgan fingerprint density at radius 2 is 2.19 bits per heavy atom. The average molecular weight is 234 g/mol. The molecule has 0 saturated heterocycles. The Bertz CT molecular complexity index is 503. The number of thiophene rings is 1. The summed E-state index contributed by atoms with van der Waals surface area (Å²) in [4.78, 5) is 12.8. The number of aryl methyl sites for hydroxylation is 1. The molecule has 0 spiro atoms. The van der Waals surface area contributed by atoms with Crippen molar-refractivity contribution < 1.29 is 9.18 Å². The molecule has 82 valence electrons. The number of rotatable bonds is 3. The number of hydrogen-bond donors (Lipinski definition) is 0. The fourth-order valence-corrected chi connectivity index (χ4v) is 2.22. The van der Waals surface area contributed by atoms with Gasteiger partial charge in [-0.25, -0.2) is 4.39 Å². The Kier molecular flexibility index (Phi) is 3.15. The van der Waals surface area contributed by atoms with Gasteiger partial charge in [-0.15, -0.1) is 11.3 Å². The zero-order valence-electron chi connectivity index (χ0n) is 8.87. The predicted octanol–water partition coefficient (Wildman–Crippen LogP) is 3.62. The summed E-state index contributed by atoms with van der Waals surface area (Å²) in [7, 11) is 0. The van der Waals surface area contributed by atoms with Crippen molar-refractivity contribution in [2.45, 2.75) is 13.3 Å². The maximum Gasteiger partial charge on any atom is 0.171 e. The highest BCUT2D eigenvalue weighted by molar-refractivity contribution is 7.10. The minimum Gasteiger partial charge on any atom is -0.294 e. The van der Waals surface area contributed by atoms with E-state index in [1.54, 1.807) is 12.1 Å². The van der Waals surface area contributed by atoms with E-state index in [0.29, 0.717) is 0 Å². The van der Waals surface area contributed by atoms with Crippen molar-refractivity contribution in [2.24, 2.45) is 0 Å². The Labute approximate surface area is 97.6 Å². The van der Waals surface area contributed by atoms with E-state index in [0.717, 1.165) is 10.4 Å². The topological polar surface area (TPSA) is 17.1 Å². The predicted molar refractivity (Wildman–Crippen MR) is 63.5 cm³/mol. The summed E-state index contributed by atoms with van der Waals surface area (Å²) in [6.07, 6.45) is 0.276. The molecule has 1 aromatic heterocycles. The molecular weight excluding hydrogens is 223 g/mol. The van der Waals surface area contributed by atoms with Crippen LogP contribution in [0.2, 0.25) is 0 Å². The highest BCUT2D eigenvalue weighted by Gasteiger charge is 2.12. The molecule has 1 nitrogen and oxygen atoms in total. The van der Waals surface area contributed by atoms with Gasteiger partial charge in [-0.1, -0.05) is 17.7 Å². The third-order valence-electron chi connectivity index (χ3n) is 2.34. The molecule has 0 unspecified atom stereocenters. The Hall–Kier alpha value is -1.48. The zero-order chi connectivity index (χ0) is 11.5. The molecule has 2 aromatic rings. The van der Waals surface area contributed by atoms with Crippen LogP contribution in [-0.4, -0.2) is 5.78 Å². The monoisotopic (exact) mass is 234 g/mol. The molecule has 0 fully saturated rings. The van der Waals surface area contributed by atoms with Crippen LogP contribution in [0.4, 0.5) is 4.39 Å². The lowest BCUT2D eigenvalue weighted by Gasteiger charge is -2.02. The van der Waals surface area contributed by atoms with Crippen LogP contribution in [0.15, 0.2) is 35.7 Å². The molecule has 0 aliphatic rings. The van der Waals surface area contributed by atoms with Crippen LogP contribution in [-0.2, 0) is 6.42 Å². The van der Waals surface area contributed by atoms with Gasteiger partial charge in [0, 0.05) is 11.3 Å². The summed E-state index contributed by atoms with van der Waals surface area (Å²) < 4.78 is 13.4. The Morgan fingerprint density at radius 3 is 2.88 bits per heavy atom. The van der Waals surface area contributed by atoms with Gasteiger partial charge >= 0.3 is 0 Å². The summed E-state index contributed by atoms with van der Waals surface area (Å²) in [5, 5.41) is 1.91. The maximum absolute atomic E-state index is 13.4. The lowest BCUT2D eigenvalue weighted by molar-refractivity contribution is 0.0990. The quantitative estimate of drug-likeness (QED) is 0.741. The molecular formula is C13H11FOS. The summed E-state index contributed by atoms with van der Waals surface area (Å²) in [5.74, 6) is -0.601. The number of ketones is 1. The minimum atomic E-state index is -0.438. The van der Waals surface area contributed by atoms with Gasteiger partial charge in [0.2, 0.25) is 0 Å². The van der Waals surface area contributed by atoms with Crippen LogP contribution < -0.4 is 0 Å². The van der Waals surface area contributed by atoms with Gasteiger partial charge in [-0.3, -0.25) is 4.79 Å². The first-order chi connectivity index (χ1) is 7.66. The Morgan fingerprint density at radius 1 is 1.38 bits per heavy atom.